The Morgan fingerprint density at radius 1 is 1.43 bits per heavy atom. The number of methoxy groups -OCH3 is 1. The van der Waals surface area contributed by atoms with Crippen LogP contribution in [0.5, 0.6) is 0 Å². The zero-order chi connectivity index (χ0) is 15.3. The molecule has 0 saturated heterocycles. The summed E-state index contributed by atoms with van der Waals surface area (Å²) in [6, 6.07) is 0.408. The molecule has 1 N–H and O–H groups in total. The molecule has 21 heavy (non-hydrogen) atoms. The summed E-state index contributed by atoms with van der Waals surface area (Å²) in [6.07, 6.45) is 7.32. The first-order valence-corrected chi connectivity index (χ1v) is 8.24. The second kappa shape index (κ2) is 7.36. The number of rotatable bonds is 9. The summed E-state index contributed by atoms with van der Waals surface area (Å²) in [7, 11) is 1.85. The van der Waals surface area contributed by atoms with Gasteiger partial charge in [0, 0.05) is 26.1 Å². The molecule has 1 aliphatic rings. The predicted octanol–water partition coefficient (Wildman–Crippen LogP) is 2.41. The molecule has 0 amide bonds. The van der Waals surface area contributed by atoms with Gasteiger partial charge in [-0.1, -0.05) is 20.8 Å². The van der Waals surface area contributed by atoms with Gasteiger partial charge >= 0.3 is 0 Å². The van der Waals surface area contributed by atoms with Crippen molar-refractivity contribution >= 4 is 0 Å². The van der Waals surface area contributed by atoms with Gasteiger partial charge in [0.15, 0.2) is 0 Å². The Bertz CT molecular complexity index is 420. The lowest BCUT2D eigenvalue weighted by atomic mass is 9.75. The van der Waals surface area contributed by atoms with Gasteiger partial charge in [-0.15, -0.1) is 0 Å². The van der Waals surface area contributed by atoms with E-state index in [1.807, 2.05) is 7.11 Å². The van der Waals surface area contributed by atoms with Gasteiger partial charge < -0.3 is 10.1 Å². The Balaban J connectivity index is 2.00. The first-order valence-electron chi connectivity index (χ1n) is 8.24. The summed E-state index contributed by atoms with van der Waals surface area (Å²) in [6.45, 7) is 8.49. The maximum atomic E-state index is 5.78. The molecular formula is C16H30N4O. The zero-order valence-electron chi connectivity index (χ0n) is 13.9. The summed E-state index contributed by atoms with van der Waals surface area (Å²) in [5.41, 5.74) is 0.0930. The third-order valence-electron chi connectivity index (χ3n) is 4.47. The molecule has 1 fully saturated rings. The third-order valence-corrected chi connectivity index (χ3v) is 4.47. The van der Waals surface area contributed by atoms with Crippen LogP contribution in [0.1, 0.15) is 52.3 Å². The van der Waals surface area contributed by atoms with E-state index in [0.717, 1.165) is 31.8 Å². The fourth-order valence-electron chi connectivity index (χ4n) is 3.18. The van der Waals surface area contributed by atoms with Crippen LogP contribution in [0, 0.1) is 5.92 Å². The standard InChI is InChI=1S/C16H30N4O/c1-5-17-14(10-16(21-4)7-6-8-16)9-15-18-12-19-20(15)11-13(2)3/h12-14,17H,5-11H2,1-4H3. The highest BCUT2D eigenvalue weighted by Crippen LogP contribution is 2.39. The van der Waals surface area contributed by atoms with E-state index in [4.69, 9.17) is 4.74 Å². The van der Waals surface area contributed by atoms with Gasteiger partial charge in [0.2, 0.25) is 0 Å². The van der Waals surface area contributed by atoms with Crippen LogP contribution in [0.3, 0.4) is 0 Å². The van der Waals surface area contributed by atoms with Crippen molar-refractivity contribution in [3.63, 3.8) is 0 Å². The molecule has 1 heterocycles. The molecule has 5 nitrogen and oxygen atoms in total. The normalized spacial score (nSPS) is 18.7. The Morgan fingerprint density at radius 3 is 2.71 bits per heavy atom. The molecular weight excluding hydrogens is 264 g/mol. The second-order valence-electron chi connectivity index (χ2n) is 6.66. The van der Waals surface area contributed by atoms with Crippen molar-refractivity contribution in [1.29, 1.82) is 0 Å². The molecule has 0 aromatic carbocycles. The SMILES string of the molecule is CCNC(Cc1ncnn1CC(C)C)CC1(OC)CCC1. The maximum absolute atomic E-state index is 5.78. The molecule has 0 bridgehead atoms. The van der Waals surface area contributed by atoms with E-state index >= 15 is 0 Å². The van der Waals surface area contributed by atoms with Crippen molar-refractivity contribution in [1.82, 2.24) is 20.1 Å². The molecule has 0 spiro atoms. The van der Waals surface area contributed by atoms with Crippen LogP contribution in [-0.4, -0.2) is 40.1 Å². The lowest BCUT2D eigenvalue weighted by Gasteiger charge is -2.43. The van der Waals surface area contributed by atoms with Gasteiger partial charge in [-0.25, -0.2) is 9.67 Å². The van der Waals surface area contributed by atoms with Crippen molar-refractivity contribution in [2.45, 2.75) is 71.1 Å². The molecule has 1 aromatic rings. The molecule has 1 aromatic heterocycles. The van der Waals surface area contributed by atoms with Crippen LogP contribution < -0.4 is 5.32 Å². The maximum Gasteiger partial charge on any atom is 0.138 e. The van der Waals surface area contributed by atoms with E-state index in [1.165, 1.54) is 19.3 Å². The first kappa shape index (κ1) is 16.4. The Hall–Kier alpha value is -0.940. The van der Waals surface area contributed by atoms with Crippen LogP contribution >= 0.6 is 0 Å². The van der Waals surface area contributed by atoms with Gasteiger partial charge in [-0.2, -0.15) is 5.10 Å². The zero-order valence-corrected chi connectivity index (χ0v) is 13.9. The molecule has 5 heteroatoms. The smallest absolute Gasteiger partial charge is 0.138 e. The fraction of sp³-hybridized carbons (Fsp3) is 0.875. The third kappa shape index (κ3) is 4.27. The molecule has 1 aliphatic carbocycles. The highest BCUT2D eigenvalue weighted by molar-refractivity contribution is 4.97. The van der Waals surface area contributed by atoms with E-state index in [9.17, 15) is 0 Å². The molecule has 2 rings (SSSR count). The van der Waals surface area contributed by atoms with Crippen LogP contribution in [0.2, 0.25) is 0 Å². The van der Waals surface area contributed by atoms with Gasteiger partial charge in [-0.3, -0.25) is 0 Å². The average molecular weight is 294 g/mol. The fourth-order valence-corrected chi connectivity index (χ4v) is 3.18. The van der Waals surface area contributed by atoms with Crippen LogP contribution in [0.15, 0.2) is 6.33 Å². The van der Waals surface area contributed by atoms with Crippen LogP contribution in [0.4, 0.5) is 0 Å². The quantitative estimate of drug-likeness (QED) is 0.760. The number of likely N-dealkylation sites (N-methyl/N-ethyl adjacent to an activating group) is 1. The van der Waals surface area contributed by atoms with Crippen molar-refractivity contribution in [3.05, 3.63) is 12.2 Å². The Morgan fingerprint density at radius 2 is 2.19 bits per heavy atom. The van der Waals surface area contributed by atoms with Gasteiger partial charge in [0.25, 0.3) is 0 Å². The highest BCUT2D eigenvalue weighted by Gasteiger charge is 2.39. The largest absolute Gasteiger partial charge is 0.378 e. The first-order chi connectivity index (χ1) is 10.1. The highest BCUT2D eigenvalue weighted by atomic mass is 16.5. The minimum atomic E-state index is 0.0930. The van der Waals surface area contributed by atoms with Crippen molar-refractivity contribution in [2.24, 2.45) is 5.92 Å². The van der Waals surface area contributed by atoms with E-state index < -0.39 is 0 Å². The molecule has 1 unspecified atom stereocenters. The van der Waals surface area contributed by atoms with Gasteiger partial charge in [-0.05, 0) is 38.1 Å². The van der Waals surface area contributed by atoms with Gasteiger partial charge in [0.1, 0.15) is 12.2 Å². The average Bonchev–Trinajstić information content (AvgIpc) is 2.80. The van der Waals surface area contributed by atoms with Crippen LogP contribution in [0.25, 0.3) is 0 Å². The van der Waals surface area contributed by atoms with E-state index in [0.29, 0.717) is 12.0 Å². The number of aromatic nitrogens is 3. The van der Waals surface area contributed by atoms with E-state index in [2.05, 4.69) is 40.9 Å². The molecule has 120 valence electrons. The molecule has 1 atom stereocenters. The Labute approximate surface area is 128 Å². The van der Waals surface area contributed by atoms with Gasteiger partial charge in [0.05, 0.1) is 5.60 Å². The minimum Gasteiger partial charge on any atom is -0.378 e. The Kier molecular flexibility index (Phi) is 5.76. The predicted molar refractivity (Wildman–Crippen MR) is 84.2 cm³/mol. The van der Waals surface area contributed by atoms with Crippen LogP contribution in [-0.2, 0) is 17.7 Å². The number of hydrogen-bond acceptors (Lipinski definition) is 4. The summed E-state index contributed by atoms with van der Waals surface area (Å²) in [5.74, 6) is 1.67. The van der Waals surface area contributed by atoms with E-state index in [1.54, 1.807) is 6.33 Å². The summed E-state index contributed by atoms with van der Waals surface area (Å²) >= 11 is 0. The van der Waals surface area contributed by atoms with Crippen molar-refractivity contribution < 1.29 is 4.74 Å². The van der Waals surface area contributed by atoms with Crippen molar-refractivity contribution in [2.75, 3.05) is 13.7 Å². The molecule has 0 radical (unpaired) electrons. The molecule has 1 saturated carbocycles. The monoisotopic (exact) mass is 294 g/mol. The minimum absolute atomic E-state index is 0.0930. The lowest BCUT2D eigenvalue weighted by molar-refractivity contribution is -0.0834. The van der Waals surface area contributed by atoms with E-state index in [-0.39, 0.29) is 5.60 Å². The van der Waals surface area contributed by atoms with Crippen molar-refractivity contribution in [3.8, 4) is 0 Å². The molecule has 0 aliphatic heterocycles. The second-order valence-corrected chi connectivity index (χ2v) is 6.66. The summed E-state index contributed by atoms with van der Waals surface area (Å²) < 4.78 is 7.83. The number of hydrogen-bond donors (Lipinski definition) is 1. The lowest BCUT2D eigenvalue weighted by Crippen LogP contribution is -2.46. The summed E-state index contributed by atoms with van der Waals surface area (Å²) in [5, 5.41) is 7.97. The number of ether oxygens (including phenoxy) is 1. The summed E-state index contributed by atoms with van der Waals surface area (Å²) in [4.78, 5) is 4.46. The number of nitrogens with zero attached hydrogens (tertiary/aromatic N) is 3. The topological polar surface area (TPSA) is 52.0 Å². The number of nitrogens with one attached hydrogen (secondary N) is 1.